The Hall–Kier alpha value is -1.36. The lowest BCUT2D eigenvalue weighted by Crippen LogP contribution is -1.96. The normalized spacial score (nSPS) is 10.0. The smallest absolute Gasteiger partial charge is 0.163 e. The molecule has 0 saturated carbocycles. The molecule has 0 spiro atoms. The van der Waals surface area contributed by atoms with Crippen molar-refractivity contribution in [2.75, 3.05) is 0 Å². The van der Waals surface area contributed by atoms with Crippen molar-refractivity contribution in [3.05, 3.63) is 57.7 Å². The third-order valence-corrected chi connectivity index (χ3v) is 2.96. The quantitative estimate of drug-likeness (QED) is 0.617. The van der Waals surface area contributed by atoms with Crippen molar-refractivity contribution in [3.8, 4) is 11.5 Å². The number of ether oxygens (including phenoxy) is 1. The highest BCUT2D eigenvalue weighted by Crippen LogP contribution is 2.26. The van der Waals surface area contributed by atoms with Crippen LogP contribution in [-0.4, -0.2) is 5.78 Å². The van der Waals surface area contributed by atoms with Gasteiger partial charge < -0.3 is 4.74 Å². The number of hydrogen-bond donors (Lipinski definition) is 0. The van der Waals surface area contributed by atoms with Gasteiger partial charge in [-0.15, -0.1) is 0 Å². The van der Waals surface area contributed by atoms with Crippen LogP contribution in [0.25, 0.3) is 0 Å². The molecule has 0 aliphatic rings. The second-order valence-electron chi connectivity index (χ2n) is 3.61. The maximum absolute atomic E-state index is 11.4. The van der Waals surface area contributed by atoms with Gasteiger partial charge in [0.15, 0.2) is 5.78 Å². The summed E-state index contributed by atoms with van der Waals surface area (Å²) in [5, 5.41) is 0. The Labute approximate surface area is 114 Å². The molecule has 3 heteroatoms. The molecule has 0 saturated heterocycles. The van der Waals surface area contributed by atoms with Crippen LogP contribution in [0.4, 0.5) is 0 Å². The molecule has 0 aromatic heterocycles. The number of rotatable bonds is 3. The Morgan fingerprint density at radius 2 is 1.88 bits per heavy atom. The highest BCUT2D eigenvalue weighted by molar-refractivity contribution is 14.1. The van der Waals surface area contributed by atoms with Crippen LogP contribution in [0.5, 0.6) is 11.5 Å². The monoisotopic (exact) mass is 338 g/mol. The molecular weight excluding hydrogens is 327 g/mol. The van der Waals surface area contributed by atoms with Crippen molar-refractivity contribution in [2.45, 2.75) is 6.92 Å². The maximum Gasteiger partial charge on any atom is 0.163 e. The molecule has 0 amide bonds. The number of halogens is 1. The fourth-order valence-corrected chi connectivity index (χ4v) is 2.02. The molecule has 0 fully saturated rings. The summed E-state index contributed by atoms with van der Waals surface area (Å²) in [5.74, 6) is 1.35. The van der Waals surface area contributed by atoms with Crippen molar-refractivity contribution in [1.82, 2.24) is 0 Å². The second-order valence-corrected chi connectivity index (χ2v) is 4.86. The minimum Gasteiger partial charge on any atom is -0.457 e. The lowest BCUT2D eigenvalue weighted by Gasteiger charge is -2.09. The van der Waals surface area contributed by atoms with Crippen molar-refractivity contribution in [2.24, 2.45) is 0 Å². The zero-order chi connectivity index (χ0) is 12.3. The number of benzene rings is 2. The van der Waals surface area contributed by atoms with Crippen LogP contribution in [0.15, 0.2) is 48.5 Å². The molecule has 0 N–H and O–H groups in total. The summed E-state index contributed by atoms with van der Waals surface area (Å²) in [6, 6.07) is 15.0. The molecule has 2 aromatic carbocycles. The van der Waals surface area contributed by atoms with Crippen LogP contribution >= 0.6 is 22.6 Å². The summed E-state index contributed by atoms with van der Waals surface area (Å²) in [6.45, 7) is 1.54. The largest absolute Gasteiger partial charge is 0.457 e. The lowest BCUT2D eigenvalue weighted by atomic mass is 10.1. The SMILES string of the molecule is CC(=O)c1ccccc1Oc1cccc(I)c1. The first-order chi connectivity index (χ1) is 8.16. The molecule has 0 radical (unpaired) electrons. The van der Waals surface area contributed by atoms with Gasteiger partial charge in [-0.2, -0.15) is 0 Å². The average molecular weight is 338 g/mol. The molecular formula is C14H11IO2. The van der Waals surface area contributed by atoms with Gasteiger partial charge in [-0.1, -0.05) is 18.2 Å². The van der Waals surface area contributed by atoms with E-state index in [-0.39, 0.29) is 5.78 Å². The fourth-order valence-electron chi connectivity index (χ4n) is 1.50. The Morgan fingerprint density at radius 1 is 1.12 bits per heavy atom. The number of para-hydroxylation sites is 1. The van der Waals surface area contributed by atoms with Crippen molar-refractivity contribution < 1.29 is 9.53 Å². The van der Waals surface area contributed by atoms with Crippen LogP contribution < -0.4 is 4.74 Å². The third kappa shape index (κ3) is 3.06. The maximum atomic E-state index is 11.4. The van der Waals surface area contributed by atoms with E-state index >= 15 is 0 Å². The molecule has 2 aromatic rings. The zero-order valence-corrected chi connectivity index (χ0v) is 11.5. The van der Waals surface area contributed by atoms with Gasteiger partial charge in [-0.3, -0.25) is 4.79 Å². The summed E-state index contributed by atoms with van der Waals surface area (Å²) >= 11 is 2.22. The van der Waals surface area contributed by atoms with Crippen LogP contribution in [0, 0.1) is 3.57 Å². The van der Waals surface area contributed by atoms with Gasteiger partial charge in [-0.25, -0.2) is 0 Å². The molecule has 0 bridgehead atoms. The highest BCUT2D eigenvalue weighted by Gasteiger charge is 2.08. The van der Waals surface area contributed by atoms with Gasteiger partial charge in [-0.05, 0) is 59.8 Å². The summed E-state index contributed by atoms with van der Waals surface area (Å²) < 4.78 is 6.82. The third-order valence-electron chi connectivity index (χ3n) is 2.29. The summed E-state index contributed by atoms with van der Waals surface area (Å²) in [4.78, 5) is 11.4. The van der Waals surface area contributed by atoms with Gasteiger partial charge in [0.05, 0.1) is 5.56 Å². The van der Waals surface area contributed by atoms with E-state index in [0.717, 1.165) is 9.32 Å². The summed E-state index contributed by atoms with van der Waals surface area (Å²) in [7, 11) is 0. The van der Waals surface area contributed by atoms with E-state index in [1.807, 2.05) is 36.4 Å². The molecule has 86 valence electrons. The second kappa shape index (κ2) is 5.31. The standard InChI is InChI=1S/C14H11IO2/c1-10(16)13-7-2-3-8-14(13)17-12-6-4-5-11(15)9-12/h2-9H,1H3. The first-order valence-corrected chi connectivity index (χ1v) is 6.28. The summed E-state index contributed by atoms with van der Waals surface area (Å²) in [5.41, 5.74) is 0.603. The number of carbonyl (C=O) groups excluding carboxylic acids is 1. The molecule has 17 heavy (non-hydrogen) atoms. The number of carbonyl (C=O) groups is 1. The Bertz CT molecular complexity index is 549. The number of hydrogen-bond acceptors (Lipinski definition) is 2. The van der Waals surface area contributed by atoms with Gasteiger partial charge in [0.25, 0.3) is 0 Å². The Balaban J connectivity index is 2.33. The van der Waals surface area contributed by atoms with Crippen molar-refractivity contribution in [3.63, 3.8) is 0 Å². The minimum absolute atomic E-state index is 0.00577. The molecule has 0 atom stereocenters. The molecule has 2 nitrogen and oxygen atoms in total. The summed E-state index contributed by atoms with van der Waals surface area (Å²) in [6.07, 6.45) is 0. The predicted molar refractivity (Wildman–Crippen MR) is 75.7 cm³/mol. The number of Topliss-reactive ketones (excluding diaryl/α,β-unsaturated/α-hetero) is 1. The zero-order valence-electron chi connectivity index (χ0n) is 9.31. The molecule has 0 unspecified atom stereocenters. The topological polar surface area (TPSA) is 26.3 Å². The average Bonchev–Trinajstić information content (AvgIpc) is 2.29. The van der Waals surface area contributed by atoms with Gasteiger partial charge in [0.1, 0.15) is 11.5 Å². The van der Waals surface area contributed by atoms with E-state index in [9.17, 15) is 4.79 Å². The van der Waals surface area contributed by atoms with Gasteiger partial charge in [0, 0.05) is 3.57 Å². The van der Waals surface area contributed by atoms with E-state index in [4.69, 9.17) is 4.74 Å². The highest BCUT2D eigenvalue weighted by atomic mass is 127. The van der Waals surface area contributed by atoms with E-state index in [1.165, 1.54) is 6.92 Å². The van der Waals surface area contributed by atoms with Crippen LogP contribution in [0.3, 0.4) is 0 Å². The molecule has 0 aliphatic heterocycles. The lowest BCUT2D eigenvalue weighted by molar-refractivity contribution is 0.101. The van der Waals surface area contributed by atoms with E-state index in [1.54, 1.807) is 12.1 Å². The van der Waals surface area contributed by atoms with Gasteiger partial charge >= 0.3 is 0 Å². The fraction of sp³-hybridized carbons (Fsp3) is 0.0714. The van der Waals surface area contributed by atoms with E-state index in [0.29, 0.717) is 11.3 Å². The predicted octanol–water partition coefficient (Wildman–Crippen LogP) is 4.29. The van der Waals surface area contributed by atoms with E-state index in [2.05, 4.69) is 22.6 Å². The first kappa shape index (κ1) is 12.1. The molecule has 0 heterocycles. The minimum atomic E-state index is 0.00577. The van der Waals surface area contributed by atoms with E-state index < -0.39 is 0 Å². The van der Waals surface area contributed by atoms with Gasteiger partial charge in [0.2, 0.25) is 0 Å². The van der Waals surface area contributed by atoms with Crippen LogP contribution in [-0.2, 0) is 0 Å². The Morgan fingerprint density at radius 3 is 2.59 bits per heavy atom. The van der Waals surface area contributed by atoms with Crippen LogP contribution in [0.1, 0.15) is 17.3 Å². The van der Waals surface area contributed by atoms with Crippen molar-refractivity contribution in [1.29, 1.82) is 0 Å². The molecule has 0 aliphatic carbocycles. The van der Waals surface area contributed by atoms with Crippen molar-refractivity contribution >= 4 is 28.4 Å². The number of ketones is 1. The molecule has 2 rings (SSSR count). The Kier molecular flexibility index (Phi) is 3.78. The van der Waals surface area contributed by atoms with Crippen LogP contribution in [0.2, 0.25) is 0 Å². The first-order valence-electron chi connectivity index (χ1n) is 5.20.